The third kappa shape index (κ3) is 5.02. The summed E-state index contributed by atoms with van der Waals surface area (Å²) in [6, 6.07) is 7.99. The zero-order valence-electron chi connectivity index (χ0n) is 16.2. The van der Waals surface area contributed by atoms with E-state index in [4.69, 9.17) is 0 Å². The number of hydrogen-bond acceptors (Lipinski definition) is 5. The van der Waals surface area contributed by atoms with Crippen LogP contribution >= 0.6 is 27.3 Å². The van der Waals surface area contributed by atoms with Crippen LogP contribution in [0.15, 0.2) is 34.1 Å². The molecular formula is C20H21BrFN3O3S. The Kier molecular flexibility index (Phi) is 6.69. The van der Waals surface area contributed by atoms with E-state index in [1.165, 1.54) is 29.2 Å². The lowest BCUT2D eigenvalue weighted by Crippen LogP contribution is -2.51. The molecule has 0 radical (unpaired) electrons. The van der Waals surface area contributed by atoms with Crippen molar-refractivity contribution in [2.75, 3.05) is 44.7 Å². The molecule has 3 rings (SSSR count). The van der Waals surface area contributed by atoms with Crippen LogP contribution in [0.25, 0.3) is 0 Å². The first-order chi connectivity index (χ1) is 13.8. The average molecular weight is 482 g/mol. The molecule has 1 saturated heterocycles. The summed E-state index contributed by atoms with van der Waals surface area (Å²) in [5, 5.41) is 0. The monoisotopic (exact) mass is 481 g/mol. The maximum absolute atomic E-state index is 14.4. The van der Waals surface area contributed by atoms with Crippen LogP contribution < -0.4 is 4.90 Å². The van der Waals surface area contributed by atoms with Crippen molar-refractivity contribution in [1.82, 2.24) is 9.80 Å². The van der Waals surface area contributed by atoms with E-state index in [2.05, 4.69) is 15.9 Å². The number of benzene rings is 1. The zero-order valence-corrected chi connectivity index (χ0v) is 18.6. The fourth-order valence-corrected chi connectivity index (χ4v) is 4.55. The number of rotatable bonds is 5. The smallest absolute Gasteiger partial charge is 0.264 e. The van der Waals surface area contributed by atoms with Crippen LogP contribution in [0.4, 0.5) is 10.1 Å². The molecule has 0 aliphatic carbocycles. The second kappa shape index (κ2) is 9.04. The Labute approximate surface area is 181 Å². The molecule has 2 aromatic rings. The normalized spacial score (nSPS) is 14.1. The Bertz CT molecular complexity index is 941. The van der Waals surface area contributed by atoms with Gasteiger partial charge in [-0.15, -0.1) is 11.3 Å². The molecule has 2 amide bonds. The van der Waals surface area contributed by atoms with Crippen LogP contribution in [0.3, 0.4) is 0 Å². The minimum atomic E-state index is -0.440. The van der Waals surface area contributed by atoms with Crippen LogP contribution in [-0.4, -0.2) is 67.2 Å². The minimum absolute atomic E-state index is 0.00395. The number of likely N-dealkylation sites (N-methyl/N-ethyl adjacent to an activating group) is 1. The summed E-state index contributed by atoms with van der Waals surface area (Å²) in [6.45, 7) is 3.25. The van der Waals surface area contributed by atoms with E-state index < -0.39 is 5.82 Å². The fourth-order valence-electron chi connectivity index (χ4n) is 3.17. The molecule has 2 heterocycles. The summed E-state index contributed by atoms with van der Waals surface area (Å²) in [6.07, 6.45) is 0. The molecule has 0 N–H and O–H groups in total. The zero-order chi connectivity index (χ0) is 21.1. The number of amides is 2. The van der Waals surface area contributed by atoms with Crippen LogP contribution in [0, 0.1) is 5.82 Å². The van der Waals surface area contributed by atoms with Gasteiger partial charge in [0.25, 0.3) is 5.91 Å². The number of anilines is 1. The highest BCUT2D eigenvalue weighted by molar-refractivity contribution is 9.11. The topological polar surface area (TPSA) is 60.9 Å². The van der Waals surface area contributed by atoms with Gasteiger partial charge in [-0.05, 0) is 53.2 Å². The highest BCUT2D eigenvalue weighted by Crippen LogP contribution is 2.24. The highest BCUT2D eigenvalue weighted by atomic mass is 79.9. The van der Waals surface area contributed by atoms with Crippen molar-refractivity contribution >= 4 is 50.6 Å². The highest BCUT2D eigenvalue weighted by Gasteiger charge is 2.25. The van der Waals surface area contributed by atoms with Crippen molar-refractivity contribution in [3.05, 3.63) is 50.4 Å². The number of Topliss-reactive ketones (excluding diaryl/α,β-unsaturated/α-hetero) is 1. The summed E-state index contributed by atoms with van der Waals surface area (Å²) < 4.78 is 15.2. The first kappa shape index (κ1) is 21.4. The number of carbonyl (C=O) groups excluding carboxylic acids is 3. The Morgan fingerprint density at radius 2 is 1.83 bits per heavy atom. The number of halogens is 2. The summed E-state index contributed by atoms with van der Waals surface area (Å²) in [7, 11) is 1.61. The van der Waals surface area contributed by atoms with E-state index in [9.17, 15) is 18.8 Å². The van der Waals surface area contributed by atoms with Gasteiger partial charge in [-0.1, -0.05) is 0 Å². The van der Waals surface area contributed by atoms with E-state index in [1.54, 1.807) is 36.2 Å². The molecule has 1 aromatic heterocycles. The largest absolute Gasteiger partial charge is 0.366 e. The molecule has 9 heteroatoms. The number of hydrogen-bond donors (Lipinski definition) is 0. The summed E-state index contributed by atoms with van der Waals surface area (Å²) >= 11 is 4.65. The van der Waals surface area contributed by atoms with Crippen molar-refractivity contribution < 1.29 is 18.8 Å². The molecule has 0 bridgehead atoms. The van der Waals surface area contributed by atoms with Gasteiger partial charge in [-0.25, -0.2) is 4.39 Å². The lowest BCUT2D eigenvalue weighted by molar-refractivity contribution is -0.131. The Hall–Kier alpha value is -2.26. The molecule has 0 saturated carbocycles. The number of ketones is 1. The lowest BCUT2D eigenvalue weighted by Gasteiger charge is -2.36. The minimum Gasteiger partial charge on any atom is -0.366 e. The Morgan fingerprint density at radius 3 is 2.38 bits per heavy atom. The first-order valence-corrected chi connectivity index (χ1v) is 10.7. The van der Waals surface area contributed by atoms with Crippen LogP contribution in [0.5, 0.6) is 0 Å². The van der Waals surface area contributed by atoms with E-state index in [0.29, 0.717) is 42.3 Å². The van der Waals surface area contributed by atoms with Crippen molar-refractivity contribution in [3.63, 3.8) is 0 Å². The van der Waals surface area contributed by atoms with Gasteiger partial charge in [0.2, 0.25) is 5.91 Å². The van der Waals surface area contributed by atoms with Gasteiger partial charge in [-0.2, -0.15) is 0 Å². The second-order valence-electron chi connectivity index (χ2n) is 6.86. The number of thiophene rings is 1. The maximum atomic E-state index is 14.4. The molecule has 0 atom stereocenters. The standard InChI is InChI=1S/C20H21BrFN3O3S/c1-13(26)14-3-4-16(15(22)11-14)24-7-9-25(10-8-24)19(27)12-23(2)20(28)17-5-6-18(21)29-17/h3-6,11H,7-10,12H2,1-2H3. The molecule has 29 heavy (non-hydrogen) atoms. The van der Waals surface area contributed by atoms with E-state index in [-0.39, 0.29) is 24.1 Å². The SMILES string of the molecule is CC(=O)c1ccc(N2CCN(C(=O)CN(C)C(=O)c3ccc(Br)s3)CC2)c(F)c1. The molecule has 6 nitrogen and oxygen atoms in total. The van der Waals surface area contributed by atoms with Crippen molar-refractivity contribution in [2.24, 2.45) is 0 Å². The molecule has 0 unspecified atom stereocenters. The molecule has 1 aliphatic rings. The van der Waals surface area contributed by atoms with Crippen LogP contribution in [0.2, 0.25) is 0 Å². The van der Waals surface area contributed by atoms with E-state index in [0.717, 1.165) is 3.79 Å². The third-order valence-corrected chi connectivity index (χ3v) is 6.44. The summed E-state index contributed by atoms with van der Waals surface area (Å²) in [5.41, 5.74) is 0.767. The Morgan fingerprint density at radius 1 is 1.14 bits per heavy atom. The third-order valence-electron chi connectivity index (χ3n) is 4.83. The second-order valence-corrected chi connectivity index (χ2v) is 9.32. The molecule has 1 aliphatic heterocycles. The predicted octanol–water partition coefficient (Wildman–Crippen LogP) is 3.27. The van der Waals surface area contributed by atoms with Crippen molar-refractivity contribution in [1.29, 1.82) is 0 Å². The molecule has 154 valence electrons. The van der Waals surface area contributed by atoms with E-state index >= 15 is 0 Å². The molecule has 1 fully saturated rings. The van der Waals surface area contributed by atoms with Crippen molar-refractivity contribution in [3.8, 4) is 0 Å². The quantitative estimate of drug-likeness (QED) is 0.614. The predicted molar refractivity (Wildman–Crippen MR) is 114 cm³/mol. The van der Waals surface area contributed by atoms with Gasteiger partial charge in [-0.3, -0.25) is 14.4 Å². The molecule has 0 spiro atoms. The van der Waals surface area contributed by atoms with Gasteiger partial charge in [0.1, 0.15) is 5.82 Å². The summed E-state index contributed by atoms with van der Waals surface area (Å²) in [5.74, 6) is -0.951. The van der Waals surface area contributed by atoms with Gasteiger partial charge < -0.3 is 14.7 Å². The molecular weight excluding hydrogens is 461 g/mol. The first-order valence-electron chi connectivity index (χ1n) is 9.10. The maximum Gasteiger partial charge on any atom is 0.264 e. The average Bonchev–Trinajstić information content (AvgIpc) is 3.13. The van der Waals surface area contributed by atoms with Gasteiger partial charge in [0.05, 0.1) is 20.9 Å². The number of piperazine rings is 1. The van der Waals surface area contributed by atoms with Crippen LogP contribution in [-0.2, 0) is 4.79 Å². The fraction of sp³-hybridized carbons (Fsp3) is 0.350. The van der Waals surface area contributed by atoms with Crippen LogP contribution in [0.1, 0.15) is 27.0 Å². The summed E-state index contributed by atoms with van der Waals surface area (Å²) in [4.78, 5) is 41.9. The van der Waals surface area contributed by atoms with Gasteiger partial charge in [0.15, 0.2) is 5.78 Å². The van der Waals surface area contributed by atoms with Crippen molar-refractivity contribution in [2.45, 2.75) is 6.92 Å². The van der Waals surface area contributed by atoms with Gasteiger partial charge in [0, 0.05) is 38.8 Å². The molecule has 1 aromatic carbocycles. The van der Waals surface area contributed by atoms with Gasteiger partial charge >= 0.3 is 0 Å². The number of nitrogens with zero attached hydrogens (tertiary/aromatic N) is 3. The Balaban J connectivity index is 1.55. The lowest BCUT2D eigenvalue weighted by atomic mass is 10.1. The number of carbonyl (C=O) groups is 3. The van der Waals surface area contributed by atoms with E-state index in [1.807, 2.05) is 4.90 Å².